The lowest BCUT2D eigenvalue weighted by molar-refractivity contribution is 0.419. The molecule has 0 saturated heterocycles. The first-order valence-electron chi connectivity index (χ1n) is 6.53. The van der Waals surface area contributed by atoms with Crippen LogP contribution in [0.3, 0.4) is 0 Å². The lowest BCUT2D eigenvalue weighted by atomic mass is 10.0. The second kappa shape index (κ2) is 4.19. The number of nitrogens with two attached hydrogens (primary N) is 1. The van der Waals surface area contributed by atoms with Crippen molar-refractivity contribution in [1.82, 2.24) is 20.3 Å². The van der Waals surface area contributed by atoms with Crippen molar-refractivity contribution in [2.75, 3.05) is 5.73 Å². The number of aromatic nitrogens is 4. The van der Waals surface area contributed by atoms with E-state index in [-0.39, 0.29) is 5.92 Å². The molecule has 1 atom stereocenters. The summed E-state index contributed by atoms with van der Waals surface area (Å²) in [6.45, 7) is 0. The van der Waals surface area contributed by atoms with Crippen LogP contribution in [-0.2, 0) is 6.42 Å². The van der Waals surface area contributed by atoms with E-state index in [1.165, 1.54) is 11.1 Å². The van der Waals surface area contributed by atoms with Crippen molar-refractivity contribution in [3.63, 3.8) is 0 Å². The number of anilines is 1. The van der Waals surface area contributed by atoms with Gasteiger partial charge >= 0.3 is 0 Å². The molecule has 0 aliphatic heterocycles. The topological polar surface area (TPSA) is 93.6 Å². The average Bonchev–Trinajstić information content (AvgIpc) is 3.15. The third-order valence-corrected chi connectivity index (χ3v) is 3.79. The van der Waals surface area contributed by atoms with E-state index in [2.05, 4.69) is 38.5 Å². The van der Waals surface area contributed by atoms with Gasteiger partial charge < -0.3 is 10.3 Å². The summed E-state index contributed by atoms with van der Waals surface area (Å²) in [7, 11) is 0. The summed E-state index contributed by atoms with van der Waals surface area (Å²) in [5, 5.41) is 10.6. The van der Waals surface area contributed by atoms with Gasteiger partial charge in [0.2, 0.25) is 0 Å². The van der Waals surface area contributed by atoms with Crippen LogP contribution in [0.25, 0.3) is 11.5 Å². The molecule has 3 N–H and O–H groups in total. The molecular formula is C14H13N5O. The molecule has 0 amide bonds. The molecule has 0 saturated carbocycles. The number of nitrogens with one attached hydrogen (secondary N) is 1. The van der Waals surface area contributed by atoms with E-state index in [0.29, 0.717) is 23.1 Å². The van der Waals surface area contributed by atoms with Gasteiger partial charge in [0, 0.05) is 5.92 Å². The minimum Gasteiger partial charge on any atom is -0.383 e. The van der Waals surface area contributed by atoms with Crippen LogP contribution in [0.4, 0.5) is 5.82 Å². The van der Waals surface area contributed by atoms with E-state index < -0.39 is 0 Å². The van der Waals surface area contributed by atoms with Crippen LogP contribution >= 0.6 is 0 Å². The molecule has 6 heteroatoms. The number of aryl methyl sites for hydroxylation is 1. The molecule has 1 aliphatic carbocycles. The van der Waals surface area contributed by atoms with Crippen LogP contribution in [-0.4, -0.2) is 20.3 Å². The van der Waals surface area contributed by atoms with Crippen LogP contribution in [0.15, 0.2) is 35.0 Å². The number of rotatable bonds is 2. The third-order valence-electron chi connectivity index (χ3n) is 3.79. The molecule has 0 spiro atoms. The Balaban J connectivity index is 1.72. The first kappa shape index (κ1) is 11.2. The Morgan fingerprint density at radius 3 is 3.05 bits per heavy atom. The highest BCUT2D eigenvalue weighted by molar-refractivity contribution is 5.65. The molecule has 0 fully saturated rings. The van der Waals surface area contributed by atoms with Crippen LogP contribution in [0.2, 0.25) is 0 Å². The summed E-state index contributed by atoms with van der Waals surface area (Å²) in [4.78, 5) is 4.48. The fourth-order valence-electron chi connectivity index (χ4n) is 2.78. The summed E-state index contributed by atoms with van der Waals surface area (Å²) in [5.41, 5.74) is 9.07. The molecule has 4 rings (SSSR count). The van der Waals surface area contributed by atoms with Crippen molar-refractivity contribution in [3.8, 4) is 11.5 Å². The molecule has 2 heterocycles. The monoisotopic (exact) mass is 267 g/mol. The zero-order valence-corrected chi connectivity index (χ0v) is 10.7. The van der Waals surface area contributed by atoms with Gasteiger partial charge in [-0.2, -0.15) is 10.1 Å². The van der Waals surface area contributed by atoms with Crippen LogP contribution in [0, 0.1) is 0 Å². The highest BCUT2D eigenvalue weighted by atomic mass is 16.5. The Morgan fingerprint density at radius 1 is 1.30 bits per heavy atom. The van der Waals surface area contributed by atoms with E-state index in [1.807, 2.05) is 6.07 Å². The Hall–Kier alpha value is -2.63. The zero-order valence-electron chi connectivity index (χ0n) is 10.7. The molecule has 20 heavy (non-hydrogen) atoms. The number of nitrogens with zero attached hydrogens (tertiary/aromatic N) is 3. The smallest absolute Gasteiger partial charge is 0.263 e. The number of fused-ring (bicyclic) bond motifs is 1. The second-order valence-corrected chi connectivity index (χ2v) is 4.95. The predicted molar refractivity (Wildman–Crippen MR) is 72.9 cm³/mol. The van der Waals surface area contributed by atoms with Gasteiger partial charge in [0.15, 0.2) is 5.82 Å². The van der Waals surface area contributed by atoms with Gasteiger partial charge in [-0.3, -0.25) is 5.10 Å². The Labute approximate surface area is 115 Å². The van der Waals surface area contributed by atoms with E-state index in [1.54, 1.807) is 6.20 Å². The second-order valence-electron chi connectivity index (χ2n) is 4.95. The van der Waals surface area contributed by atoms with Crippen LogP contribution in [0.5, 0.6) is 0 Å². The minimum atomic E-state index is 0.205. The molecule has 100 valence electrons. The molecule has 1 aromatic carbocycles. The van der Waals surface area contributed by atoms with Crippen molar-refractivity contribution < 1.29 is 4.52 Å². The number of H-pyrrole nitrogens is 1. The normalized spacial score (nSPS) is 17.3. The summed E-state index contributed by atoms with van der Waals surface area (Å²) in [6.07, 6.45) is 3.66. The fourth-order valence-corrected chi connectivity index (χ4v) is 2.78. The largest absolute Gasteiger partial charge is 0.383 e. The molecule has 0 radical (unpaired) electrons. The number of hydrogen-bond acceptors (Lipinski definition) is 5. The molecule has 1 unspecified atom stereocenters. The molecule has 2 aromatic heterocycles. The van der Waals surface area contributed by atoms with E-state index in [0.717, 1.165) is 12.8 Å². The Bertz CT molecular complexity index is 760. The average molecular weight is 267 g/mol. The van der Waals surface area contributed by atoms with Crippen molar-refractivity contribution in [2.45, 2.75) is 18.8 Å². The van der Waals surface area contributed by atoms with Gasteiger partial charge in [-0.05, 0) is 24.0 Å². The first-order chi connectivity index (χ1) is 9.83. The maximum Gasteiger partial charge on any atom is 0.263 e. The third kappa shape index (κ3) is 1.61. The maximum absolute atomic E-state index is 5.77. The van der Waals surface area contributed by atoms with Crippen molar-refractivity contribution in [3.05, 3.63) is 47.4 Å². The summed E-state index contributed by atoms with van der Waals surface area (Å²) < 4.78 is 5.32. The van der Waals surface area contributed by atoms with E-state index in [9.17, 15) is 0 Å². The van der Waals surface area contributed by atoms with Crippen LogP contribution < -0.4 is 5.73 Å². The number of aromatic amines is 1. The lowest BCUT2D eigenvalue weighted by Gasteiger charge is -2.05. The molecular weight excluding hydrogens is 254 g/mol. The number of benzene rings is 1. The van der Waals surface area contributed by atoms with Crippen molar-refractivity contribution >= 4 is 5.82 Å². The predicted octanol–water partition coefficient (Wildman–Crippen LogP) is 2.12. The Morgan fingerprint density at radius 2 is 2.20 bits per heavy atom. The first-order valence-corrected chi connectivity index (χ1v) is 6.53. The molecule has 6 nitrogen and oxygen atoms in total. The minimum absolute atomic E-state index is 0.205. The molecule has 1 aliphatic rings. The quantitative estimate of drug-likeness (QED) is 0.741. The van der Waals surface area contributed by atoms with Gasteiger partial charge in [0.25, 0.3) is 5.89 Å². The van der Waals surface area contributed by atoms with Crippen LogP contribution in [0.1, 0.15) is 29.3 Å². The maximum atomic E-state index is 5.77. The summed E-state index contributed by atoms with van der Waals surface area (Å²) in [6, 6.07) is 8.40. The van der Waals surface area contributed by atoms with Gasteiger partial charge in [0.1, 0.15) is 11.4 Å². The summed E-state index contributed by atoms with van der Waals surface area (Å²) >= 11 is 0. The van der Waals surface area contributed by atoms with Gasteiger partial charge in [-0.15, -0.1) is 0 Å². The van der Waals surface area contributed by atoms with Gasteiger partial charge in [-0.1, -0.05) is 29.4 Å². The highest BCUT2D eigenvalue weighted by Gasteiger charge is 2.28. The SMILES string of the molecule is Nc1[nH]ncc1-c1nc(C2CCc3ccccc32)no1. The van der Waals surface area contributed by atoms with Crippen molar-refractivity contribution in [1.29, 1.82) is 0 Å². The van der Waals surface area contributed by atoms with E-state index >= 15 is 0 Å². The zero-order chi connectivity index (χ0) is 13.5. The van der Waals surface area contributed by atoms with Gasteiger partial charge in [-0.25, -0.2) is 0 Å². The molecule has 0 bridgehead atoms. The Kier molecular flexibility index (Phi) is 2.35. The highest BCUT2D eigenvalue weighted by Crippen LogP contribution is 2.37. The number of hydrogen-bond donors (Lipinski definition) is 2. The standard InChI is InChI=1S/C14H13N5O/c15-12-11(7-16-18-12)14-17-13(19-20-14)10-6-5-8-3-1-2-4-9(8)10/h1-4,7,10H,5-6H2,(H3,15,16,18). The molecule has 3 aromatic rings. The van der Waals surface area contributed by atoms with Gasteiger partial charge in [0.05, 0.1) is 6.20 Å². The summed E-state index contributed by atoms with van der Waals surface area (Å²) in [5.74, 6) is 1.77. The fraction of sp³-hybridized carbons (Fsp3) is 0.214. The van der Waals surface area contributed by atoms with Crippen molar-refractivity contribution in [2.24, 2.45) is 0 Å². The number of nitrogen functional groups attached to an aromatic ring is 1. The lowest BCUT2D eigenvalue weighted by Crippen LogP contribution is -1.98. The van der Waals surface area contributed by atoms with E-state index in [4.69, 9.17) is 10.3 Å².